The summed E-state index contributed by atoms with van der Waals surface area (Å²) in [5.41, 5.74) is 1.13. The molecule has 1 N–H and O–H groups in total. The molecule has 0 aliphatic carbocycles. The lowest BCUT2D eigenvalue weighted by Gasteiger charge is -2.26. The van der Waals surface area contributed by atoms with Crippen LogP contribution in [0.5, 0.6) is 5.75 Å². The van der Waals surface area contributed by atoms with Crippen LogP contribution in [0.15, 0.2) is 41.3 Å². The SMILES string of the molecule is CC(C)Oc1ccc(S(=O)(=O)N2CCCCC2)cc1NCc1cc(C#N)ccc1F. The van der Waals surface area contributed by atoms with Gasteiger partial charge >= 0.3 is 0 Å². The van der Waals surface area contributed by atoms with E-state index < -0.39 is 15.8 Å². The van der Waals surface area contributed by atoms with E-state index in [4.69, 9.17) is 10.00 Å². The van der Waals surface area contributed by atoms with Crippen LogP contribution in [0.25, 0.3) is 0 Å². The topological polar surface area (TPSA) is 82.4 Å². The molecule has 1 aliphatic heterocycles. The number of hydrogen-bond donors (Lipinski definition) is 1. The normalized spacial score (nSPS) is 15.0. The van der Waals surface area contributed by atoms with Crippen LogP contribution in [-0.2, 0) is 16.6 Å². The third-order valence-electron chi connectivity index (χ3n) is 4.91. The van der Waals surface area contributed by atoms with Crippen LogP contribution in [0.4, 0.5) is 10.1 Å². The highest BCUT2D eigenvalue weighted by Crippen LogP contribution is 2.31. The minimum Gasteiger partial charge on any atom is -0.489 e. The Morgan fingerprint density at radius 1 is 1.17 bits per heavy atom. The number of sulfonamides is 1. The largest absolute Gasteiger partial charge is 0.489 e. The lowest BCUT2D eigenvalue weighted by Crippen LogP contribution is -2.35. The van der Waals surface area contributed by atoms with Crippen molar-refractivity contribution in [2.45, 2.75) is 50.7 Å². The molecule has 0 radical (unpaired) electrons. The van der Waals surface area contributed by atoms with E-state index >= 15 is 0 Å². The van der Waals surface area contributed by atoms with Crippen LogP contribution in [0.2, 0.25) is 0 Å². The molecule has 0 spiro atoms. The Labute approximate surface area is 177 Å². The van der Waals surface area contributed by atoms with Gasteiger partial charge in [-0.3, -0.25) is 0 Å². The fraction of sp³-hybridized carbons (Fsp3) is 0.409. The lowest BCUT2D eigenvalue weighted by atomic mass is 10.1. The van der Waals surface area contributed by atoms with E-state index in [1.807, 2.05) is 19.9 Å². The standard InChI is InChI=1S/C22H26FN3O3S/c1-16(2)29-22-9-7-19(30(27,28)26-10-4-3-5-11-26)13-21(22)25-15-18-12-17(14-24)6-8-20(18)23/h6-9,12-13,16,25H,3-5,10-11,15H2,1-2H3. The number of ether oxygens (including phenoxy) is 1. The summed E-state index contributed by atoms with van der Waals surface area (Å²) >= 11 is 0. The van der Waals surface area contributed by atoms with Gasteiger partial charge in [0, 0.05) is 25.2 Å². The summed E-state index contributed by atoms with van der Waals surface area (Å²) in [5, 5.41) is 12.1. The van der Waals surface area contributed by atoms with E-state index in [1.165, 1.54) is 28.6 Å². The number of nitriles is 1. The minimum absolute atomic E-state index is 0.0863. The van der Waals surface area contributed by atoms with Gasteiger partial charge in [0.05, 0.1) is 28.3 Å². The molecule has 0 aromatic heterocycles. The number of nitrogens with one attached hydrogen (secondary N) is 1. The predicted octanol–water partition coefficient (Wildman–Crippen LogP) is 4.27. The number of rotatable bonds is 7. The maximum absolute atomic E-state index is 14.1. The van der Waals surface area contributed by atoms with Gasteiger partial charge in [0.1, 0.15) is 11.6 Å². The number of benzene rings is 2. The predicted molar refractivity (Wildman–Crippen MR) is 113 cm³/mol. The maximum Gasteiger partial charge on any atom is 0.243 e. The number of halogens is 1. The van der Waals surface area contributed by atoms with Crippen molar-refractivity contribution in [2.24, 2.45) is 0 Å². The van der Waals surface area contributed by atoms with Crippen LogP contribution < -0.4 is 10.1 Å². The van der Waals surface area contributed by atoms with E-state index in [2.05, 4.69) is 5.32 Å². The van der Waals surface area contributed by atoms with Crippen LogP contribution in [-0.4, -0.2) is 31.9 Å². The van der Waals surface area contributed by atoms with Crippen molar-refractivity contribution in [3.8, 4) is 11.8 Å². The molecule has 1 aliphatic rings. The Morgan fingerprint density at radius 3 is 2.57 bits per heavy atom. The van der Waals surface area contributed by atoms with Crippen LogP contribution in [0, 0.1) is 17.1 Å². The molecule has 6 nitrogen and oxygen atoms in total. The molecule has 160 valence electrons. The molecule has 8 heteroatoms. The fourth-order valence-corrected chi connectivity index (χ4v) is 4.93. The molecule has 0 bridgehead atoms. The van der Waals surface area contributed by atoms with E-state index in [-0.39, 0.29) is 17.5 Å². The molecular weight excluding hydrogens is 405 g/mol. The zero-order valence-corrected chi connectivity index (χ0v) is 18.0. The van der Waals surface area contributed by atoms with Crippen molar-refractivity contribution in [2.75, 3.05) is 18.4 Å². The Bertz CT molecular complexity index is 1040. The van der Waals surface area contributed by atoms with Crippen molar-refractivity contribution in [3.63, 3.8) is 0 Å². The maximum atomic E-state index is 14.1. The second-order valence-electron chi connectivity index (χ2n) is 7.56. The minimum atomic E-state index is -3.61. The zero-order valence-electron chi connectivity index (χ0n) is 17.2. The average molecular weight is 432 g/mol. The van der Waals surface area contributed by atoms with Crippen LogP contribution in [0.3, 0.4) is 0 Å². The summed E-state index contributed by atoms with van der Waals surface area (Å²) in [6.07, 6.45) is 2.63. The quantitative estimate of drug-likeness (QED) is 0.708. The molecule has 2 aromatic rings. The number of hydrogen-bond acceptors (Lipinski definition) is 5. The van der Waals surface area contributed by atoms with Gasteiger partial charge < -0.3 is 10.1 Å². The van der Waals surface area contributed by atoms with Gasteiger partial charge in [0.15, 0.2) is 0 Å². The molecule has 3 rings (SSSR count). The van der Waals surface area contributed by atoms with Crippen LogP contribution in [0.1, 0.15) is 44.2 Å². The summed E-state index contributed by atoms with van der Waals surface area (Å²) in [6, 6.07) is 10.8. The van der Waals surface area contributed by atoms with E-state index in [0.717, 1.165) is 19.3 Å². The van der Waals surface area contributed by atoms with Crippen molar-refractivity contribution in [3.05, 3.63) is 53.3 Å². The van der Waals surface area contributed by atoms with Gasteiger partial charge in [-0.05, 0) is 63.1 Å². The van der Waals surface area contributed by atoms with Gasteiger partial charge in [-0.2, -0.15) is 9.57 Å². The smallest absolute Gasteiger partial charge is 0.243 e. The Hall–Kier alpha value is -2.63. The van der Waals surface area contributed by atoms with Crippen molar-refractivity contribution >= 4 is 15.7 Å². The third-order valence-corrected chi connectivity index (χ3v) is 6.81. The molecular formula is C22H26FN3O3S. The first kappa shape index (κ1) is 22.1. The molecule has 1 fully saturated rings. The number of nitrogens with zero attached hydrogens (tertiary/aromatic N) is 2. The molecule has 0 amide bonds. The summed E-state index contributed by atoms with van der Waals surface area (Å²) in [4.78, 5) is 0.175. The highest BCUT2D eigenvalue weighted by molar-refractivity contribution is 7.89. The van der Waals surface area contributed by atoms with E-state index in [0.29, 0.717) is 35.7 Å². The zero-order chi connectivity index (χ0) is 21.7. The number of anilines is 1. The van der Waals surface area contributed by atoms with Crippen molar-refractivity contribution in [1.29, 1.82) is 5.26 Å². The van der Waals surface area contributed by atoms with Gasteiger partial charge in [-0.1, -0.05) is 6.42 Å². The van der Waals surface area contributed by atoms with Crippen molar-refractivity contribution < 1.29 is 17.5 Å². The average Bonchev–Trinajstić information content (AvgIpc) is 2.74. The van der Waals surface area contributed by atoms with E-state index in [1.54, 1.807) is 12.1 Å². The number of piperidine rings is 1. The van der Waals surface area contributed by atoms with Gasteiger partial charge in [-0.15, -0.1) is 0 Å². The summed E-state index contributed by atoms with van der Waals surface area (Å²) < 4.78 is 47.6. The molecule has 1 saturated heterocycles. The second-order valence-corrected chi connectivity index (χ2v) is 9.50. The molecule has 0 saturated carbocycles. The summed E-state index contributed by atoms with van der Waals surface area (Å²) in [7, 11) is -3.61. The second kappa shape index (κ2) is 9.45. The molecule has 30 heavy (non-hydrogen) atoms. The van der Waals surface area contributed by atoms with Gasteiger partial charge in [0.2, 0.25) is 10.0 Å². The highest BCUT2D eigenvalue weighted by atomic mass is 32.2. The highest BCUT2D eigenvalue weighted by Gasteiger charge is 2.27. The van der Waals surface area contributed by atoms with Gasteiger partial charge in [0.25, 0.3) is 0 Å². The lowest BCUT2D eigenvalue weighted by molar-refractivity contribution is 0.243. The van der Waals surface area contributed by atoms with Crippen LogP contribution >= 0.6 is 0 Å². The molecule has 1 heterocycles. The third kappa shape index (κ3) is 5.10. The first-order chi connectivity index (χ1) is 14.3. The Balaban J connectivity index is 1.91. The molecule has 0 unspecified atom stereocenters. The first-order valence-corrected chi connectivity index (χ1v) is 11.5. The Morgan fingerprint density at radius 2 is 1.90 bits per heavy atom. The van der Waals surface area contributed by atoms with Crippen molar-refractivity contribution in [1.82, 2.24) is 4.31 Å². The Kier molecular flexibility index (Phi) is 6.95. The fourth-order valence-electron chi connectivity index (χ4n) is 3.39. The summed E-state index contributed by atoms with van der Waals surface area (Å²) in [6.45, 7) is 4.86. The molecule has 2 aromatic carbocycles. The first-order valence-electron chi connectivity index (χ1n) is 10.0. The van der Waals surface area contributed by atoms with Gasteiger partial charge in [-0.25, -0.2) is 12.8 Å². The monoisotopic (exact) mass is 431 g/mol. The van der Waals surface area contributed by atoms with E-state index in [9.17, 15) is 12.8 Å². The molecule has 0 atom stereocenters. The summed E-state index contributed by atoms with van der Waals surface area (Å²) in [5.74, 6) is 0.0457.